The Morgan fingerprint density at radius 2 is 1.55 bits per heavy atom. The van der Waals surface area contributed by atoms with Gasteiger partial charge in [0.15, 0.2) is 17.8 Å². The number of rotatable bonds is 8. The Morgan fingerprint density at radius 3 is 2.14 bits per heavy atom. The van der Waals surface area contributed by atoms with Crippen molar-refractivity contribution < 1.29 is 68.4 Å². The molecular formula is C41H63NO14. The molecule has 3 saturated heterocycles. The molecule has 56 heavy (non-hydrogen) atoms. The first kappa shape index (κ1) is 41.7. The van der Waals surface area contributed by atoms with Crippen LogP contribution in [-0.2, 0) is 42.9 Å². The van der Waals surface area contributed by atoms with Gasteiger partial charge in [-0.05, 0) is 76.5 Å². The fourth-order valence-electron chi connectivity index (χ4n) is 13.1. The van der Waals surface area contributed by atoms with Crippen molar-refractivity contribution >= 4 is 23.9 Å². The molecule has 19 atom stereocenters. The Kier molecular flexibility index (Phi) is 10.1. The summed E-state index contributed by atoms with van der Waals surface area (Å²) in [6, 6.07) is -0.309. The molecule has 4 saturated carbocycles. The van der Waals surface area contributed by atoms with Crippen LogP contribution in [0.5, 0.6) is 0 Å². The Hall–Kier alpha value is -2.40. The molecule has 7 rings (SSSR count). The third-order valence-corrected chi connectivity index (χ3v) is 16.0. The smallest absolute Gasteiger partial charge is 0.338 e. The predicted octanol–water partition coefficient (Wildman–Crippen LogP) is 1.61. The average molecular weight is 794 g/mol. The van der Waals surface area contributed by atoms with Gasteiger partial charge < -0.3 is 49.2 Å². The maximum absolute atomic E-state index is 13.9. The van der Waals surface area contributed by atoms with E-state index >= 15 is 0 Å². The molecule has 316 valence electrons. The third kappa shape index (κ3) is 5.60. The van der Waals surface area contributed by atoms with E-state index in [0.29, 0.717) is 31.8 Å². The van der Waals surface area contributed by atoms with Gasteiger partial charge in [0, 0.05) is 44.3 Å². The Bertz CT molecular complexity index is 1620. The number of fused-ring (bicyclic) bond motifs is 5. The summed E-state index contributed by atoms with van der Waals surface area (Å²) in [4.78, 5) is 55.6. The van der Waals surface area contributed by atoms with Crippen molar-refractivity contribution in [2.45, 2.75) is 172 Å². The summed E-state index contributed by atoms with van der Waals surface area (Å²) in [6.45, 7) is 15.5. The van der Waals surface area contributed by atoms with E-state index in [0.717, 1.165) is 6.42 Å². The summed E-state index contributed by atoms with van der Waals surface area (Å²) >= 11 is 0. The van der Waals surface area contributed by atoms with Crippen LogP contribution in [0.15, 0.2) is 0 Å². The predicted molar refractivity (Wildman–Crippen MR) is 195 cm³/mol. The van der Waals surface area contributed by atoms with Crippen LogP contribution < -0.4 is 0 Å². The van der Waals surface area contributed by atoms with E-state index < -0.39 is 124 Å². The highest BCUT2D eigenvalue weighted by atomic mass is 16.7. The van der Waals surface area contributed by atoms with Crippen molar-refractivity contribution in [1.82, 2.24) is 4.90 Å². The van der Waals surface area contributed by atoms with Crippen LogP contribution in [0.4, 0.5) is 0 Å². The lowest BCUT2D eigenvalue weighted by molar-refractivity contribution is -0.301. The highest BCUT2D eigenvalue weighted by Crippen LogP contribution is 2.78. The number of ether oxygens (including phenoxy) is 5. The van der Waals surface area contributed by atoms with Crippen molar-refractivity contribution in [2.75, 3.05) is 13.1 Å². The molecule has 4 bridgehead atoms. The molecule has 1 spiro atoms. The third-order valence-electron chi connectivity index (χ3n) is 16.0. The molecule has 4 aliphatic carbocycles. The van der Waals surface area contributed by atoms with Crippen LogP contribution in [0.3, 0.4) is 0 Å². The van der Waals surface area contributed by atoms with Crippen molar-refractivity contribution in [3.63, 3.8) is 0 Å². The molecule has 7 aliphatic rings. The van der Waals surface area contributed by atoms with Gasteiger partial charge in [-0.1, -0.05) is 34.6 Å². The van der Waals surface area contributed by atoms with Gasteiger partial charge >= 0.3 is 23.9 Å². The minimum Gasteiger partial charge on any atom is -0.458 e. The van der Waals surface area contributed by atoms with Gasteiger partial charge in [-0.15, -0.1) is 0 Å². The van der Waals surface area contributed by atoms with Gasteiger partial charge in [-0.25, -0.2) is 4.79 Å². The molecule has 5 N–H and O–H groups in total. The normalized spacial score (nSPS) is 50.5. The number of hydrogen-bond donors (Lipinski definition) is 5. The van der Waals surface area contributed by atoms with Gasteiger partial charge in [0.2, 0.25) is 5.79 Å². The molecule has 0 aromatic carbocycles. The van der Waals surface area contributed by atoms with E-state index in [4.69, 9.17) is 23.7 Å². The SMILES string of the molecule is CC[C@H](C)C(=O)O[C@@H]1[C@H](O)[C@@H]2[C@H](CN3C[C@H](C)CC[C@@H]3[C@]2(C)O)[C@@H]2C[C@@]34O[C@@]5(O)[C@H](OC(=O)[C@](C)(O)CC)CC[C@@]3(C)[C@H]5[C@H](OC(C)=O)[C@H](OC(C)=O)[C@H]4[C@@]12O. The fraction of sp³-hybridized carbons (Fsp3) is 0.902. The second kappa shape index (κ2) is 13.6. The topological polar surface area (TPSA) is 219 Å². The molecule has 0 radical (unpaired) electrons. The van der Waals surface area contributed by atoms with Gasteiger partial charge in [-0.2, -0.15) is 0 Å². The zero-order valence-corrected chi connectivity index (χ0v) is 34.2. The zero-order valence-electron chi connectivity index (χ0n) is 34.2. The summed E-state index contributed by atoms with van der Waals surface area (Å²) in [5.74, 6) is -10.8. The maximum Gasteiger partial charge on any atom is 0.338 e. The lowest BCUT2D eigenvalue weighted by Gasteiger charge is -2.64. The van der Waals surface area contributed by atoms with E-state index in [2.05, 4.69) is 11.8 Å². The lowest BCUT2D eigenvalue weighted by atomic mass is 9.48. The molecule has 15 nitrogen and oxygen atoms in total. The Labute approximate surface area is 328 Å². The van der Waals surface area contributed by atoms with Crippen molar-refractivity contribution in [3.05, 3.63) is 0 Å². The van der Waals surface area contributed by atoms with E-state index in [1.165, 1.54) is 20.8 Å². The number of aliphatic hydroxyl groups excluding tert-OH is 1. The van der Waals surface area contributed by atoms with Crippen LogP contribution in [0.2, 0.25) is 0 Å². The summed E-state index contributed by atoms with van der Waals surface area (Å²) < 4.78 is 31.3. The average Bonchev–Trinajstić information content (AvgIpc) is 3.40. The molecule has 0 unspecified atom stereocenters. The molecule has 0 amide bonds. The Morgan fingerprint density at radius 1 is 0.929 bits per heavy atom. The minimum absolute atomic E-state index is 0.0107. The van der Waals surface area contributed by atoms with Crippen LogP contribution in [0.1, 0.15) is 107 Å². The second-order valence-electron chi connectivity index (χ2n) is 19.2. The summed E-state index contributed by atoms with van der Waals surface area (Å²) in [5.41, 5.74) is -8.37. The van der Waals surface area contributed by atoms with E-state index in [1.54, 1.807) is 20.8 Å². The number of carbonyl (C=O) groups is 4. The van der Waals surface area contributed by atoms with Crippen LogP contribution >= 0.6 is 0 Å². The number of nitrogens with zero attached hydrogens (tertiary/aromatic N) is 1. The molecule has 3 heterocycles. The molecule has 3 aliphatic heterocycles. The highest BCUT2D eigenvalue weighted by molar-refractivity contribution is 5.79. The Balaban J connectivity index is 1.45. The van der Waals surface area contributed by atoms with Crippen molar-refractivity contribution in [3.8, 4) is 0 Å². The number of hydrogen-bond acceptors (Lipinski definition) is 15. The first-order chi connectivity index (χ1) is 26.0. The first-order valence-corrected chi connectivity index (χ1v) is 20.7. The van der Waals surface area contributed by atoms with E-state index in [9.17, 15) is 44.7 Å². The van der Waals surface area contributed by atoms with E-state index in [1.807, 2.05) is 13.8 Å². The van der Waals surface area contributed by atoms with Crippen LogP contribution in [0, 0.1) is 46.8 Å². The minimum atomic E-state index is -2.38. The summed E-state index contributed by atoms with van der Waals surface area (Å²) in [7, 11) is 0. The van der Waals surface area contributed by atoms with Gasteiger partial charge in [0.05, 0.1) is 35.1 Å². The number of aliphatic hydroxyl groups is 5. The zero-order chi connectivity index (χ0) is 41.3. The van der Waals surface area contributed by atoms with E-state index in [-0.39, 0.29) is 31.7 Å². The largest absolute Gasteiger partial charge is 0.458 e. The lowest BCUT2D eigenvalue weighted by Crippen LogP contribution is -2.78. The van der Waals surface area contributed by atoms with Gasteiger partial charge in [-0.3, -0.25) is 19.3 Å². The quantitative estimate of drug-likeness (QED) is 0.174. The number of piperidine rings is 2. The first-order valence-electron chi connectivity index (χ1n) is 20.7. The molecular weight excluding hydrogens is 730 g/mol. The summed E-state index contributed by atoms with van der Waals surface area (Å²) in [5, 5.41) is 62.9. The molecule has 0 aromatic rings. The fourth-order valence-corrected chi connectivity index (χ4v) is 13.1. The number of esters is 4. The van der Waals surface area contributed by atoms with Crippen molar-refractivity contribution in [1.29, 1.82) is 0 Å². The van der Waals surface area contributed by atoms with Crippen LogP contribution in [0.25, 0.3) is 0 Å². The molecule has 7 fully saturated rings. The standard InChI is InChI=1S/C41H63NO14/c1-10-20(4)34(46)55-33-28(45)27-23(18-42-17-19(3)12-13-25(42)38(27,9)49)24-16-39-32(40(24,33)50)30(53-22(6)44)29(52-21(5)43)31-36(39,7)15-14-26(41(31,51)56-39)54-35(47)37(8,48)11-2/h19-20,23-33,45,48-51H,10-18H2,1-9H3/t19-,20+,23-,24+,25-,26-,27+,28-,29-,30+,31-,32-,33-,36+,37-,38+,39+,40-,41+/m1/s1. The summed E-state index contributed by atoms with van der Waals surface area (Å²) in [6.07, 6.45) is -5.31. The maximum atomic E-state index is 13.9. The van der Waals surface area contributed by atoms with Crippen LogP contribution in [-0.4, -0.2) is 132 Å². The van der Waals surface area contributed by atoms with Gasteiger partial charge in [0.25, 0.3) is 0 Å². The van der Waals surface area contributed by atoms with Gasteiger partial charge in [0.1, 0.15) is 17.8 Å². The number of carbonyl (C=O) groups excluding carboxylic acids is 4. The van der Waals surface area contributed by atoms with Crippen molar-refractivity contribution in [2.24, 2.45) is 46.8 Å². The monoisotopic (exact) mass is 793 g/mol. The second-order valence-corrected chi connectivity index (χ2v) is 19.2. The molecule has 0 aromatic heterocycles. The highest BCUT2D eigenvalue weighted by Gasteiger charge is 2.90. The molecule has 15 heteroatoms.